The van der Waals surface area contributed by atoms with Gasteiger partial charge in [-0.1, -0.05) is 39.8 Å². The fourth-order valence-corrected chi connectivity index (χ4v) is 3.29. The fourth-order valence-electron chi connectivity index (χ4n) is 3.29. The molecule has 0 radical (unpaired) electrons. The number of benzene rings is 1. The van der Waals surface area contributed by atoms with E-state index in [1.54, 1.807) is 39.8 Å². The number of hydrogen-bond donors (Lipinski definition) is 1. The molecule has 2 rings (SSSR count). The molecule has 1 aliphatic rings. The average Bonchev–Trinajstić information content (AvgIpc) is 2.71. The number of esters is 2. The van der Waals surface area contributed by atoms with Crippen molar-refractivity contribution in [1.29, 1.82) is 0 Å². The summed E-state index contributed by atoms with van der Waals surface area (Å²) < 4.78 is 42.2. The maximum atomic E-state index is 13.0. The van der Waals surface area contributed by atoms with Gasteiger partial charge < -0.3 is 19.2 Å². The first-order valence-electron chi connectivity index (χ1n) is 11.1. The van der Waals surface area contributed by atoms with Crippen LogP contribution in [0.3, 0.4) is 0 Å². The largest absolute Gasteiger partial charge is 0.535 e. The molecule has 0 saturated heterocycles. The van der Waals surface area contributed by atoms with Crippen molar-refractivity contribution >= 4 is 24.8 Å². The van der Waals surface area contributed by atoms with Gasteiger partial charge in [-0.3, -0.25) is 9.59 Å². The first-order valence-corrected chi connectivity index (χ1v) is 11.1. The highest BCUT2D eigenvalue weighted by molar-refractivity contribution is 6.47. The van der Waals surface area contributed by atoms with E-state index in [4.69, 9.17) is 14.1 Å². The maximum Gasteiger partial charge on any atom is 0.526 e. The molecular weight excluding hydrogens is 437 g/mol. The van der Waals surface area contributed by atoms with Crippen LogP contribution in [0.4, 0.5) is 8.78 Å². The third-order valence-corrected chi connectivity index (χ3v) is 5.24. The van der Waals surface area contributed by atoms with Crippen molar-refractivity contribution in [3.05, 3.63) is 29.3 Å². The minimum absolute atomic E-state index is 0.0493. The van der Waals surface area contributed by atoms with E-state index in [-0.39, 0.29) is 36.5 Å². The minimum atomic E-state index is -2.93. The summed E-state index contributed by atoms with van der Waals surface area (Å²) in [6.45, 7) is 7.56. The number of carbonyl (C=O) groups excluding carboxylic acids is 3. The van der Waals surface area contributed by atoms with Gasteiger partial charge in [-0.2, -0.15) is 0 Å². The molecule has 1 aromatic rings. The molecule has 1 aliphatic heterocycles. The standard InChI is InChI=1S/C23H31BF2O7/c1-13(2)20(28)31-22(14(3)4)32-21(29)18-8-6-7-15-11-16(24(30)33-19(15)18)12-17(27)9-10-23(5,25)26/h6-8,13-14,16,22,30H,9-12H2,1-5H3/t16-,22?/m1/s1. The number of para-hydroxylation sites is 1. The summed E-state index contributed by atoms with van der Waals surface area (Å²) in [6.07, 6.45) is -1.84. The lowest BCUT2D eigenvalue weighted by Gasteiger charge is -2.29. The Morgan fingerprint density at radius 1 is 1.21 bits per heavy atom. The molecule has 0 aliphatic carbocycles. The number of alkyl halides is 2. The van der Waals surface area contributed by atoms with Gasteiger partial charge in [0.25, 0.3) is 0 Å². The number of Topliss-reactive ketones (excluding diaryl/α,β-unsaturated/α-hetero) is 1. The lowest BCUT2D eigenvalue weighted by atomic mass is 9.64. The molecule has 1 aromatic carbocycles. The zero-order chi connectivity index (χ0) is 24.9. The molecule has 182 valence electrons. The van der Waals surface area contributed by atoms with Gasteiger partial charge in [0.15, 0.2) is 0 Å². The Morgan fingerprint density at radius 3 is 2.45 bits per heavy atom. The van der Waals surface area contributed by atoms with E-state index in [9.17, 15) is 28.2 Å². The second kappa shape index (κ2) is 11.1. The highest BCUT2D eigenvalue weighted by Crippen LogP contribution is 2.37. The summed E-state index contributed by atoms with van der Waals surface area (Å²) in [5.41, 5.74) is 0.627. The van der Waals surface area contributed by atoms with Crippen molar-refractivity contribution in [2.45, 2.75) is 78.3 Å². The normalized spacial score (nSPS) is 16.8. The first-order chi connectivity index (χ1) is 15.3. The summed E-state index contributed by atoms with van der Waals surface area (Å²) >= 11 is 0. The Labute approximate surface area is 192 Å². The molecular formula is C23H31BF2O7. The number of rotatable bonds is 10. The molecule has 0 fully saturated rings. The van der Waals surface area contributed by atoms with E-state index in [1.165, 1.54) is 6.07 Å². The lowest BCUT2D eigenvalue weighted by molar-refractivity contribution is -0.179. The minimum Gasteiger partial charge on any atom is -0.535 e. The Hall–Kier alpha value is -2.49. The van der Waals surface area contributed by atoms with Crippen molar-refractivity contribution in [1.82, 2.24) is 0 Å². The molecule has 0 spiro atoms. The van der Waals surface area contributed by atoms with E-state index in [2.05, 4.69) is 0 Å². The van der Waals surface area contributed by atoms with Crippen LogP contribution >= 0.6 is 0 Å². The topological polar surface area (TPSA) is 99.1 Å². The summed E-state index contributed by atoms with van der Waals surface area (Å²) in [6, 6.07) is 4.76. The van der Waals surface area contributed by atoms with Gasteiger partial charge in [0.05, 0.1) is 5.92 Å². The Balaban J connectivity index is 2.12. The lowest BCUT2D eigenvalue weighted by Crippen LogP contribution is -2.36. The van der Waals surface area contributed by atoms with Crippen LogP contribution < -0.4 is 4.65 Å². The number of fused-ring (bicyclic) bond motifs is 1. The average molecular weight is 468 g/mol. The third-order valence-electron chi connectivity index (χ3n) is 5.24. The van der Waals surface area contributed by atoms with Crippen molar-refractivity contribution in [2.24, 2.45) is 11.8 Å². The highest BCUT2D eigenvalue weighted by Gasteiger charge is 2.38. The number of halogens is 2. The van der Waals surface area contributed by atoms with E-state index in [1.807, 2.05) is 0 Å². The molecule has 33 heavy (non-hydrogen) atoms. The summed E-state index contributed by atoms with van der Waals surface area (Å²) in [7, 11) is -1.39. The van der Waals surface area contributed by atoms with Gasteiger partial charge in [-0.05, 0) is 25.0 Å². The van der Waals surface area contributed by atoms with E-state index in [0.29, 0.717) is 5.56 Å². The molecule has 10 heteroatoms. The van der Waals surface area contributed by atoms with Gasteiger partial charge in [0, 0.05) is 31.0 Å². The van der Waals surface area contributed by atoms with Gasteiger partial charge >= 0.3 is 19.1 Å². The number of ketones is 1. The molecule has 7 nitrogen and oxygen atoms in total. The summed E-state index contributed by atoms with van der Waals surface area (Å²) in [4.78, 5) is 36.9. The van der Waals surface area contributed by atoms with E-state index in [0.717, 1.165) is 6.92 Å². The van der Waals surface area contributed by atoms with Crippen LogP contribution in [0, 0.1) is 11.8 Å². The van der Waals surface area contributed by atoms with Crippen molar-refractivity contribution in [3.63, 3.8) is 0 Å². The summed E-state index contributed by atoms with van der Waals surface area (Å²) in [5.74, 6) is -5.81. The van der Waals surface area contributed by atoms with Crippen LogP contribution in [0.25, 0.3) is 0 Å². The van der Waals surface area contributed by atoms with Crippen LogP contribution in [0.1, 0.15) is 69.8 Å². The van der Waals surface area contributed by atoms with Crippen LogP contribution in [-0.4, -0.2) is 42.1 Å². The molecule has 2 atom stereocenters. The SMILES string of the molecule is CC(C)C(=O)OC(OC(=O)c1cccc2c1OB(O)[C@@H](CC(=O)CCC(C)(F)F)C2)C(C)C. The number of carbonyl (C=O) groups is 3. The predicted molar refractivity (Wildman–Crippen MR) is 117 cm³/mol. The van der Waals surface area contributed by atoms with Gasteiger partial charge in [0.2, 0.25) is 12.2 Å². The van der Waals surface area contributed by atoms with E-state index >= 15 is 0 Å². The van der Waals surface area contributed by atoms with E-state index < -0.39 is 55.2 Å². The Kier molecular flexibility index (Phi) is 9.00. The fraction of sp³-hybridized carbons (Fsp3) is 0.609. The second-order valence-electron chi connectivity index (χ2n) is 9.19. The molecule has 0 saturated carbocycles. The zero-order valence-corrected chi connectivity index (χ0v) is 19.6. The van der Waals surface area contributed by atoms with Crippen LogP contribution in [0.5, 0.6) is 5.75 Å². The molecule has 0 amide bonds. The van der Waals surface area contributed by atoms with Crippen LogP contribution in [0.2, 0.25) is 5.82 Å². The molecule has 0 aromatic heterocycles. The summed E-state index contributed by atoms with van der Waals surface area (Å²) in [5, 5.41) is 10.4. The molecule has 1 N–H and O–H groups in total. The molecule has 1 unspecified atom stereocenters. The zero-order valence-electron chi connectivity index (χ0n) is 19.6. The van der Waals surface area contributed by atoms with Crippen molar-refractivity contribution in [3.8, 4) is 5.75 Å². The number of hydrogen-bond acceptors (Lipinski definition) is 7. The van der Waals surface area contributed by atoms with Gasteiger partial charge in [-0.15, -0.1) is 0 Å². The van der Waals surface area contributed by atoms with Crippen LogP contribution in [0.15, 0.2) is 18.2 Å². The Bertz CT molecular complexity index is 867. The molecule has 1 heterocycles. The maximum absolute atomic E-state index is 13.0. The van der Waals surface area contributed by atoms with Crippen molar-refractivity contribution in [2.75, 3.05) is 0 Å². The monoisotopic (exact) mass is 468 g/mol. The first kappa shape index (κ1) is 26.8. The molecule has 0 bridgehead atoms. The van der Waals surface area contributed by atoms with Crippen molar-refractivity contribution < 1.29 is 42.3 Å². The highest BCUT2D eigenvalue weighted by atomic mass is 19.3. The van der Waals surface area contributed by atoms with Gasteiger partial charge in [-0.25, -0.2) is 13.6 Å². The second-order valence-corrected chi connectivity index (χ2v) is 9.19. The third kappa shape index (κ3) is 7.80. The quantitative estimate of drug-likeness (QED) is 0.312. The van der Waals surface area contributed by atoms with Crippen LogP contribution in [-0.2, 0) is 25.5 Å². The van der Waals surface area contributed by atoms with Gasteiger partial charge in [0.1, 0.15) is 17.1 Å². The predicted octanol–water partition coefficient (Wildman–Crippen LogP) is 4.20. The Morgan fingerprint density at radius 2 is 1.88 bits per heavy atom. The smallest absolute Gasteiger partial charge is 0.526 e. The number of ether oxygens (including phenoxy) is 2.